The molecule has 2 amide bonds. The van der Waals surface area contributed by atoms with E-state index in [1.54, 1.807) is 20.8 Å². The summed E-state index contributed by atoms with van der Waals surface area (Å²) in [6, 6.07) is 3.11. The number of carbonyl (C=O) groups is 2. The molecule has 178 valence electrons. The van der Waals surface area contributed by atoms with Crippen LogP contribution >= 0.6 is 0 Å². The van der Waals surface area contributed by atoms with Crippen LogP contribution in [-0.2, 0) is 12.4 Å². The van der Waals surface area contributed by atoms with Gasteiger partial charge in [-0.2, -0.15) is 26.3 Å². The molecule has 11 heteroatoms. The van der Waals surface area contributed by atoms with Gasteiger partial charge < -0.3 is 10.0 Å². The maximum absolute atomic E-state index is 13.6. The Morgan fingerprint density at radius 3 is 2.03 bits per heavy atom. The van der Waals surface area contributed by atoms with Crippen LogP contribution in [0.15, 0.2) is 30.3 Å². The van der Waals surface area contributed by atoms with Gasteiger partial charge in [0.15, 0.2) is 0 Å². The van der Waals surface area contributed by atoms with Crippen molar-refractivity contribution in [3.05, 3.63) is 58.1 Å². The zero-order valence-electron chi connectivity index (χ0n) is 17.8. The van der Waals surface area contributed by atoms with Crippen molar-refractivity contribution in [1.82, 2.24) is 0 Å². The Labute approximate surface area is 185 Å². The highest BCUT2D eigenvalue weighted by Gasteiger charge is 2.42. The molecule has 1 heterocycles. The molecular formula is C22H20F6N2O3. The zero-order valence-corrected chi connectivity index (χ0v) is 17.8. The number of aryl methyl sites for hydroxylation is 2. The van der Waals surface area contributed by atoms with E-state index in [9.17, 15) is 41.0 Å². The second-order valence-electron chi connectivity index (χ2n) is 7.81. The van der Waals surface area contributed by atoms with E-state index >= 15 is 0 Å². The number of amides is 2. The third kappa shape index (κ3) is 4.49. The monoisotopic (exact) mass is 474 g/mol. The van der Waals surface area contributed by atoms with Gasteiger partial charge in [0.2, 0.25) is 0 Å². The van der Waals surface area contributed by atoms with E-state index in [-0.39, 0.29) is 30.4 Å². The molecule has 5 nitrogen and oxygen atoms in total. The van der Waals surface area contributed by atoms with Crippen LogP contribution in [0.2, 0.25) is 0 Å². The van der Waals surface area contributed by atoms with E-state index in [0.29, 0.717) is 23.3 Å². The van der Waals surface area contributed by atoms with E-state index in [1.165, 1.54) is 12.1 Å². The van der Waals surface area contributed by atoms with Gasteiger partial charge in [0.25, 0.3) is 5.91 Å². The average Bonchev–Trinajstić information content (AvgIpc) is 2.71. The minimum absolute atomic E-state index is 0.0724. The minimum atomic E-state index is -5.22. The summed E-state index contributed by atoms with van der Waals surface area (Å²) in [6.07, 6.45) is -11.3. The predicted molar refractivity (Wildman–Crippen MR) is 109 cm³/mol. The Kier molecular flexibility index (Phi) is 6.12. The van der Waals surface area contributed by atoms with Crippen molar-refractivity contribution >= 4 is 23.4 Å². The average molecular weight is 474 g/mol. The van der Waals surface area contributed by atoms with E-state index in [2.05, 4.69) is 0 Å². The topological polar surface area (TPSA) is 60.9 Å². The van der Waals surface area contributed by atoms with E-state index in [0.717, 1.165) is 9.80 Å². The summed E-state index contributed by atoms with van der Waals surface area (Å²) < 4.78 is 80.0. The summed E-state index contributed by atoms with van der Waals surface area (Å²) in [5, 5.41) is 9.71. The van der Waals surface area contributed by atoms with E-state index < -0.39 is 47.1 Å². The summed E-state index contributed by atoms with van der Waals surface area (Å²) in [4.78, 5) is 27.3. The maximum Gasteiger partial charge on any atom is 0.417 e. The first-order chi connectivity index (χ1) is 15.2. The van der Waals surface area contributed by atoms with Crippen LogP contribution in [0.25, 0.3) is 0 Å². The Balaban J connectivity index is 2.21. The third-order valence-electron chi connectivity index (χ3n) is 5.70. The lowest BCUT2D eigenvalue weighted by Crippen LogP contribution is -2.53. The second-order valence-corrected chi connectivity index (χ2v) is 7.81. The van der Waals surface area contributed by atoms with E-state index in [1.807, 2.05) is 0 Å². The molecule has 1 aliphatic heterocycles. The second kappa shape index (κ2) is 8.27. The molecule has 1 atom stereocenters. The fourth-order valence-electron chi connectivity index (χ4n) is 3.83. The first-order valence-corrected chi connectivity index (χ1v) is 9.90. The van der Waals surface area contributed by atoms with Gasteiger partial charge in [-0.05, 0) is 61.7 Å². The summed E-state index contributed by atoms with van der Waals surface area (Å²) in [5.74, 6) is -1.16. The number of fused-ring (bicyclic) bond motifs is 1. The smallest absolute Gasteiger partial charge is 0.417 e. The van der Waals surface area contributed by atoms with Crippen LogP contribution in [0.1, 0.15) is 46.0 Å². The van der Waals surface area contributed by atoms with Crippen molar-refractivity contribution in [3.8, 4) is 0 Å². The van der Waals surface area contributed by atoms with Crippen molar-refractivity contribution in [2.24, 2.45) is 0 Å². The highest BCUT2D eigenvalue weighted by molar-refractivity contribution is 6.11. The highest BCUT2D eigenvalue weighted by Crippen LogP contribution is 2.42. The first-order valence-electron chi connectivity index (χ1n) is 9.90. The zero-order chi connectivity index (χ0) is 24.9. The van der Waals surface area contributed by atoms with Gasteiger partial charge >= 0.3 is 18.4 Å². The van der Waals surface area contributed by atoms with Crippen LogP contribution in [0, 0.1) is 13.8 Å². The molecule has 3 rings (SSSR count). The molecule has 1 unspecified atom stereocenters. The molecule has 1 N–H and O–H groups in total. The number of carboxylic acid groups (broad SMARTS) is 1. The number of benzene rings is 2. The lowest BCUT2D eigenvalue weighted by Gasteiger charge is -2.41. The largest absolute Gasteiger partial charge is 0.465 e. The molecule has 0 saturated heterocycles. The van der Waals surface area contributed by atoms with Gasteiger partial charge in [-0.1, -0.05) is 6.92 Å². The molecule has 2 aromatic rings. The van der Waals surface area contributed by atoms with Gasteiger partial charge in [0, 0.05) is 6.54 Å². The molecule has 0 aromatic heterocycles. The fraction of sp³-hybridized carbons (Fsp3) is 0.364. The van der Waals surface area contributed by atoms with Gasteiger partial charge in [-0.15, -0.1) is 0 Å². The number of alkyl halides is 6. The molecule has 0 saturated carbocycles. The third-order valence-corrected chi connectivity index (χ3v) is 5.70. The number of carbonyl (C=O) groups excluding carboxylic acids is 1. The quantitative estimate of drug-likeness (QED) is 0.523. The fourth-order valence-corrected chi connectivity index (χ4v) is 3.83. The number of anilines is 2. The van der Waals surface area contributed by atoms with Crippen molar-refractivity contribution in [3.63, 3.8) is 0 Å². The van der Waals surface area contributed by atoms with Crippen LogP contribution in [0.3, 0.4) is 0 Å². The van der Waals surface area contributed by atoms with Crippen LogP contribution in [0.4, 0.5) is 42.5 Å². The van der Waals surface area contributed by atoms with Crippen molar-refractivity contribution in [2.75, 3.05) is 16.3 Å². The van der Waals surface area contributed by atoms with Gasteiger partial charge in [0.05, 0.1) is 34.1 Å². The van der Waals surface area contributed by atoms with Gasteiger partial charge in [-0.3, -0.25) is 9.69 Å². The van der Waals surface area contributed by atoms with Crippen molar-refractivity contribution in [1.29, 1.82) is 0 Å². The number of hydrogen-bond donors (Lipinski definition) is 1. The van der Waals surface area contributed by atoms with Crippen LogP contribution in [0.5, 0.6) is 0 Å². The number of halogens is 6. The number of rotatable bonds is 2. The Morgan fingerprint density at radius 1 is 0.970 bits per heavy atom. The lowest BCUT2D eigenvalue weighted by atomic mass is 9.97. The Hall–Kier alpha value is -3.24. The predicted octanol–water partition coefficient (Wildman–Crippen LogP) is 6.26. The summed E-state index contributed by atoms with van der Waals surface area (Å²) >= 11 is 0. The molecule has 0 bridgehead atoms. The summed E-state index contributed by atoms with van der Waals surface area (Å²) in [5.41, 5.74) is -2.62. The molecule has 33 heavy (non-hydrogen) atoms. The summed E-state index contributed by atoms with van der Waals surface area (Å²) in [6.45, 7) is 4.81. The lowest BCUT2D eigenvalue weighted by molar-refractivity contribution is -0.143. The van der Waals surface area contributed by atoms with Crippen molar-refractivity contribution in [2.45, 2.75) is 45.6 Å². The maximum atomic E-state index is 13.6. The molecule has 0 aliphatic carbocycles. The highest BCUT2D eigenvalue weighted by atomic mass is 19.4. The minimum Gasteiger partial charge on any atom is -0.465 e. The van der Waals surface area contributed by atoms with Crippen LogP contribution < -0.4 is 9.80 Å². The SMILES string of the molecule is CCC1CN(C(=O)c2ccc(C(F)(F)F)cc2C(F)(F)F)c2cc(C)c(C)cc2N1C(=O)O. The molecule has 2 aromatic carbocycles. The first kappa shape index (κ1) is 24.4. The molecule has 0 spiro atoms. The standard InChI is InChI=1S/C22H20F6N2O3/c1-4-14-10-29(17-7-11(2)12(3)8-18(17)30(14)20(32)33)19(31)15-6-5-13(21(23,24)25)9-16(15)22(26,27)28/h5-9,14H,4,10H2,1-3H3,(H,32,33). The van der Waals surface area contributed by atoms with Crippen LogP contribution in [-0.4, -0.2) is 29.7 Å². The molecule has 0 fully saturated rings. The summed E-state index contributed by atoms with van der Waals surface area (Å²) in [7, 11) is 0. The van der Waals surface area contributed by atoms with Gasteiger partial charge in [-0.25, -0.2) is 4.79 Å². The molecule has 0 radical (unpaired) electrons. The van der Waals surface area contributed by atoms with Crippen molar-refractivity contribution < 1.29 is 41.0 Å². The molecular weight excluding hydrogens is 454 g/mol. The Morgan fingerprint density at radius 2 is 1.55 bits per heavy atom. The number of hydrogen-bond acceptors (Lipinski definition) is 2. The molecule has 1 aliphatic rings. The normalized spacial score (nSPS) is 16.6. The van der Waals surface area contributed by atoms with E-state index in [4.69, 9.17) is 0 Å². The number of nitrogens with zero attached hydrogens (tertiary/aromatic N) is 2. The van der Waals surface area contributed by atoms with Gasteiger partial charge in [0.1, 0.15) is 0 Å². The Bertz CT molecular complexity index is 1110.